The quantitative estimate of drug-likeness (QED) is 0.852. The Morgan fingerprint density at radius 1 is 1.22 bits per heavy atom. The van der Waals surface area contributed by atoms with Gasteiger partial charge in [-0.1, -0.05) is 24.3 Å². The lowest BCUT2D eigenvalue weighted by atomic mass is 9.88. The molecule has 144 valence electrons. The molecule has 0 saturated carbocycles. The van der Waals surface area contributed by atoms with Crippen molar-refractivity contribution < 1.29 is 17.9 Å². The normalized spacial score (nSPS) is 16.7. The van der Waals surface area contributed by atoms with Crippen molar-refractivity contribution in [2.75, 3.05) is 19.5 Å². The molecule has 2 aromatic carbocycles. The van der Waals surface area contributed by atoms with Crippen molar-refractivity contribution in [1.82, 2.24) is 4.31 Å². The van der Waals surface area contributed by atoms with Crippen LogP contribution in [0.5, 0.6) is 5.75 Å². The number of benzene rings is 2. The fraction of sp³-hybridized carbons (Fsp3) is 0.350. The zero-order valence-electron chi connectivity index (χ0n) is 15.7. The Hall–Kier alpha value is -2.38. The lowest BCUT2D eigenvalue weighted by Crippen LogP contribution is -2.33. The third kappa shape index (κ3) is 3.84. The number of nitrogens with zero attached hydrogens (tertiary/aromatic N) is 1. The summed E-state index contributed by atoms with van der Waals surface area (Å²) in [5.74, 6) is 0.118. The first-order valence-electron chi connectivity index (χ1n) is 8.86. The topological polar surface area (TPSA) is 75.7 Å². The van der Waals surface area contributed by atoms with E-state index in [0.29, 0.717) is 11.4 Å². The van der Waals surface area contributed by atoms with E-state index in [9.17, 15) is 13.2 Å². The molecule has 0 aliphatic heterocycles. The van der Waals surface area contributed by atoms with Gasteiger partial charge in [0, 0.05) is 20.0 Å². The number of carbonyl (C=O) groups is 1. The summed E-state index contributed by atoms with van der Waals surface area (Å²) in [7, 11) is -0.651. The predicted molar refractivity (Wildman–Crippen MR) is 104 cm³/mol. The molecule has 1 amide bonds. The van der Waals surface area contributed by atoms with Gasteiger partial charge in [-0.25, -0.2) is 8.42 Å². The van der Waals surface area contributed by atoms with Crippen LogP contribution in [-0.4, -0.2) is 32.8 Å². The maximum Gasteiger partial charge on any atom is 0.243 e. The maximum atomic E-state index is 13.3. The number of anilines is 1. The molecule has 0 heterocycles. The van der Waals surface area contributed by atoms with Crippen LogP contribution in [0, 0.1) is 0 Å². The molecular weight excluding hydrogens is 364 g/mol. The molecule has 0 bridgehead atoms. The van der Waals surface area contributed by atoms with Crippen LogP contribution < -0.4 is 10.1 Å². The number of methoxy groups -OCH3 is 1. The van der Waals surface area contributed by atoms with Crippen LogP contribution in [0.25, 0.3) is 0 Å². The van der Waals surface area contributed by atoms with Gasteiger partial charge in [0.15, 0.2) is 0 Å². The summed E-state index contributed by atoms with van der Waals surface area (Å²) < 4.78 is 33.2. The molecule has 0 saturated heterocycles. The largest absolute Gasteiger partial charge is 0.495 e. The van der Waals surface area contributed by atoms with E-state index in [1.807, 2.05) is 18.2 Å². The predicted octanol–water partition coefficient (Wildman–Crippen LogP) is 3.35. The number of nitrogens with one attached hydrogen (secondary N) is 1. The van der Waals surface area contributed by atoms with Gasteiger partial charge >= 0.3 is 0 Å². The summed E-state index contributed by atoms with van der Waals surface area (Å²) in [5, 5.41) is 2.62. The molecule has 1 atom stereocenters. The highest BCUT2D eigenvalue weighted by Crippen LogP contribution is 2.37. The molecule has 3 rings (SSSR count). The smallest absolute Gasteiger partial charge is 0.243 e. The van der Waals surface area contributed by atoms with Crippen molar-refractivity contribution in [3.63, 3.8) is 0 Å². The number of fused-ring (bicyclic) bond motifs is 1. The second kappa shape index (κ2) is 7.70. The van der Waals surface area contributed by atoms with Crippen LogP contribution in [0.2, 0.25) is 0 Å². The Kier molecular flexibility index (Phi) is 5.53. The van der Waals surface area contributed by atoms with Crippen molar-refractivity contribution in [1.29, 1.82) is 0 Å². The summed E-state index contributed by atoms with van der Waals surface area (Å²) in [6.45, 7) is 1.37. The zero-order chi connectivity index (χ0) is 19.6. The third-order valence-electron chi connectivity index (χ3n) is 4.94. The van der Waals surface area contributed by atoms with Gasteiger partial charge in [-0.2, -0.15) is 4.31 Å². The van der Waals surface area contributed by atoms with Crippen LogP contribution >= 0.6 is 0 Å². The second-order valence-corrected chi connectivity index (χ2v) is 8.67. The highest BCUT2D eigenvalue weighted by atomic mass is 32.2. The van der Waals surface area contributed by atoms with Gasteiger partial charge in [-0.05, 0) is 48.6 Å². The molecule has 0 aromatic heterocycles. The highest BCUT2D eigenvalue weighted by Gasteiger charge is 2.32. The molecule has 1 aliphatic rings. The van der Waals surface area contributed by atoms with E-state index < -0.39 is 10.0 Å². The molecule has 7 heteroatoms. The summed E-state index contributed by atoms with van der Waals surface area (Å²) in [4.78, 5) is 11.6. The number of hydrogen-bond donors (Lipinski definition) is 1. The van der Waals surface area contributed by atoms with Gasteiger partial charge in [-0.15, -0.1) is 0 Å². The van der Waals surface area contributed by atoms with Crippen LogP contribution in [0.3, 0.4) is 0 Å². The fourth-order valence-corrected chi connectivity index (χ4v) is 4.97. The number of rotatable bonds is 5. The average Bonchev–Trinajstić information content (AvgIpc) is 2.66. The number of amides is 1. The van der Waals surface area contributed by atoms with E-state index >= 15 is 0 Å². The van der Waals surface area contributed by atoms with Crippen molar-refractivity contribution in [2.24, 2.45) is 0 Å². The Morgan fingerprint density at radius 3 is 2.67 bits per heavy atom. The van der Waals surface area contributed by atoms with Gasteiger partial charge in [0.25, 0.3) is 0 Å². The molecule has 0 fully saturated rings. The molecule has 1 aliphatic carbocycles. The fourth-order valence-electron chi connectivity index (χ4n) is 3.57. The first-order chi connectivity index (χ1) is 12.8. The van der Waals surface area contributed by atoms with Gasteiger partial charge < -0.3 is 10.1 Å². The number of carbonyl (C=O) groups excluding carboxylic acids is 1. The van der Waals surface area contributed by atoms with Gasteiger partial charge in [0.05, 0.1) is 17.7 Å². The first-order valence-corrected chi connectivity index (χ1v) is 10.3. The number of aryl methyl sites for hydroxylation is 1. The number of ether oxygens (including phenoxy) is 1. The van der Waals surface area contributed by atoms with E-state index in [-0.39, 0.29) is 16.8 Å². The van der Waals surface area contributed by atoms with Gasteiger partial charge in [0.2, 0.25) is 15.9 Å². The Labute approximate surface area is 160 Å². The molecule has 1 N–H and O–H groups in total. The van der Waals surface area contributed by atoms with Crippen molar-refractivity contribution in [3.05, 3.63) is 53.6 Å². The summed E-state index contributed by atoms with van der Waals surface area (Å²) >= 11 is 0. The van der Waals surface area contributed by atoms with Crippen LogP contribution in [0.15, 0.2) is 47.4 Å². The Bertz CT molecular complexity index is 956. The minimum atomic E-state index is -3.74. The monoisotopic (exact) mass is 388 g/mol. The van der Waals surface area contributed by atoms with Crippen molar-refractivity contribution in [3.8, 4) is 5.75 Å². The molecule has 2 aromatic rings. The summed E-state index contributed by atoms with van der Waals surface area (Å²) in [6.07, 6.45) is 2.69. The Morgan fingerprint density at radius 2 is 1.96 bits per heavy atom. The SMILES string of the molecule is COc1ccc(S(=O)(=O)N(C)[C@@H]2CCCc3ccccc32)cc1NC(C)=O. The maximum absolute atomic E-state index is 13.3. The minimum Gasteiger partial charge on any atom is -0.495 e. The van der Waals surface area contributed by atoms with E-state index in [2.05, 4.69) is 11.4 Å². The number of hydrogen-bond acceptors (Lipinski definition) is 4. The molecule has 27 heavy (non-hydrogen) atoms. The first kappa shape index (κ1) is 19.4. The van der Waals surface area contributed by atoms with E-state index in [0.717, 1.165) is 24.8 Å². The molecular formula is C20H24N2O4S. The average molecular weight is 388 g/mol. The second-order valence-electron chi connectivity index (χ2n) is 6.67. The van der Waals surface area contributed by atoms with Crippen LogP contribution in [-0.2, 0) is 21.2 Å². The lowest BCUT2D eigenvalue weighted by Gasteiger charge is -2.32. The zero-order valence-corrected chi connectivity index (χ0v) is 16.5. The molecule has 0 radical (unpaired) electrons. The van der Waals surface area contributed by atoms with Crippen LogP contribution in [0.1, 0.15) is 36.9 Å². The van der Waals surface area contributed by atoms with Crippen molar-refractivity contribution in [2.45, 2.75) is 37.1 Å². The van der Waals surface area contributed by atoms with E-state index in [1.54, 1.807) is 13.1 Å². The molecule has 0 spiro atoms. The standard InChI is InChI=1S/C20H24N2O4S/c1-14(23)21-18-13-16(11-12-20(18)26-3)27(24,25)22(2)19-10-6-8-15-7-4-5-9-17(15)19/h4-5,7,9,11-13,19H,6,8,10H2,1-3H3,(H,21,23)/t19-/m1/s1. The summed E-state index contributed by atoms with van der Waals surface area (Å²) in [5.41, 5.74) is 2.60. The Balaban J connectivity index is 1.98. The third-order valence-corrected chi connectivity index (χ3v) is 6.80. The summed E-state index contributed by atoms with van der Waals surface area (Å²) in [6, 6.07) is 12.3. The van der Waals surface area contributed by atoms with Gasteiger partial charge in [-0.3, -0.25) is 4.79 Å². The van der Waals surface area contributed by atoms with Crippen LogP contribution in [0.4, 0.5) is 5.69 Å². The molecule has 6 nitrogen and oxygen atoms in total. The van der Waals surface area contributed by atoms with E-state index in [1.165, 1.54) is 36.0 Å². The highest BCUT2D eigenvalue weighted by molar-refractivity contribution is 7.89. The minimum absolute atomic E-state index is 0.123. The van der Waals surface area contributed by atoms with Gasteiger partial charge in [0.1, 0.15) is 5.75 Å². The lowest BCUT2D eigenvalue weighted by molar-refractivity contribution is -0.114. The van der Waals surface area contributed by atoms with Crippen molar-refractivity contribution >= 4 is 21.6 Å². The van der Waals surface area contributed by atoms with E-state index in [4.69, 9.17) is 4.74 Å². The number of sulfonamides is 1. The molecule has 0 unspecified atom stereocenters.